The molecule has 1 aromatic rings. The summed E-state index contributed by atoms with van der Waals surface area (Å²) in [5.41, 5.74) is 0. The highest BCUT2D eigenvalue weighted by Crippen LogP contribution is 2.10. The Morgan fingerprint density at radius 1 is 1.47 bits per heavy atom. The zero-order valence-corrected chi connectivity index (χ0v) is 8.59. The van der Waals surface area contributed by atoms with Crippen molar-refractivity contribution in [3.8, 4) is 0 Å². The molecule has 0 amide bonds. The van der Waals surface area contributed by atoms with Crippen LogP contribution in [0.2, 0.25) is 0 Å². The summed E-state index contributed by atoms with van der Waals surface area (Å²) in [6.45, 7) is 3.75. The number of nitrogens with one attached hydrogen (secondary N) is 1. The van der Waals surface area contributed by atoms with E-state index >= 15 is 0 Å². The van der Waals surface area contributed by atoms with Gasteiger partial charge in [0.2, 0.25) is 0 Å². The van der Waals surface area contributed by atoms with Crippen LogP contribution in [0.15, 0.2) is 12.3 Å². The zero-order valence-electron chi connectivity index (χ0n) is 8.59. The summed E-state index contributed by atoms with van der Waals surface area (Å²) in [6, 6.07) is 0.803. The molecule has 3 nitrogen and oxygen atoms in total. The first-order chi connectivity index (χ1) is 7.24. The highest BCUT2D eigenvalue weighted by atomic mass is 19.1. The van der Waals surface area contributed by atoms with Gasteiger partial charge in [0, 0.05) is 25.8 Å². The number of anilines is 1. The molecule has 0 saturated carbocycles. The van der Waals surface area contributed by atoms with Gasteiger partial charge in [-0.15, -0.1) is 0 Å². The monoisotopic (exact) mass is 216 g/mol. The van der Waals surface area contributed by atoms with Gasteiger partial charge in [-0.25, -0.2) is 13.8 Å². The van der Waals surface area contributed by atoms with Crippen molar-refractivity contribution in [3.05, 3.63) is 23.9 Å². The van der Waals surface area contributed by atoms with Crippen LogP contribution in [0.1, 0.15) is 13.3 Å². The molecule has 84 valence electrons. The zero-order chi connectivity index (χ0) is 11.1. The molecule has 1 aromatic heterocycles. The van der Waals surface area contributed by atoms with E-state index in [0.29, 0.717) is 19.8 Å². The molecule has 0 aliphatic heterocycles. The normalized spacial score (nSPS) is 10.3. The summed E-state index contributed by atoms with van der Waals surface area (Å²) in [7, 11) is 0. The van der Waals surface area contributed by atoms with Crippen LogP contribution in [0.3, 0.4) is 0 Å². The molecular weight excluding hydrogens is 202 g/mol. The SMILES string of the molecule is CCOCCCNc1ncc(F)cc1F. The van der Waals surface area contributed by atoms with Gasteiger partial charge in [0.05, 0.1) is 6.20 Å². The molecule has 1 N–H and O–H groups in total. The molecule has 0 aliphatic rings. The maximum atomic E-state index is 13.0. The summed E-state index contributed by atoms with van der Waals surface area (Å²) in [5.74, 6) is -1.27. The third-order valence-corrected chi connectivity index (χ3v) is 1.77. The average Bonchev–Trinajstić information content (AvgIpc) is 2.20. The Morgan fingerprint density at radius 3 is 2.93 bits per heavy atom. The third kappa shape index (κ3) is 4.20. The van der Waals surface area contributed by atoms with E-state index in [1.807, 2.05) is 6.92 Å². The molecule has 0 bridgehead atoms. The van der Waals surface area contributed by atoms with Gasteiger partial charge in [-0.2, -0.15) is 0 Å². The van der Waals surface area contributed by atoms with E-state index in [1.54, 1.807) is 0 Å². The highest BCUT2D eigenvalue weighted by molar-refractivity contribution is 5.35. The minimum absolute atomic E-state index is 0.0768. The Hall–Kier alpha value is -1.23. The standard InChI is InChI=1S/C10H14F2N2O/c1-2-15-5-3-4-13-10-9(12)6-8(11)7-14-10/h6-7H,2-5H2,1H3,(H,13,14). The van der Waals surface area contributed by atoms with Crippen LogP contribution in [-0.2, 0) is 4.74 Å². The van der Waals surface area contributed by atoms with Gasteiger partial charge < -0.3 is 10.1 Å². The number of hydrogen-bond donors (Lipinski definition) is 1. The van der Waals surface area contributed by atoms with Crippen molar-refractivity contribution >= 4 is 5.82 Å². The molecule has 0 aromatic carbocycles. The molecule has 0 aliphatic carbocycles. The second-order valence-electron chi connectivity index (χ2n) is 2.96. The quantitative estimate of drug-likeness (QED) is 0.740. The number of halogens is 2. The van der Waals surface area contributed by atoms with E-state index in [4.69, 9.17) is 4.74 Å². The van der Waals surface area contributed by atoms with Gasteiger partial charge in [0.1, 0.15) is 5.82 Å². The van der Waals surface area contributed by atoms with Gasteiger partial charge in [0.25, 0.3) is 0 Å². The van der Waals surface area contributed by atoms with Gasteiger partial charge in [-0.3, -0.25) is 0 Å². The van der Waals surface area contributed by atoms with Gasteiger partial charge in [-0.05, 0) is 13.3 Å². The van der Waals surface area contributed by atoms with Crippen molar-refractivity contribution in [2.24, 2.45) is 0 Å². The second kappa shape index (κ2) is 6.29. The number of pyridine rings is 1. The van der Waals surface area contributed by atoms with Crippen LogP contribution in [0.5, 0.6) is 0 Å². The molecule has 15 heavy (non-hydrogen) atoms. The van der Waals surface area contributed by atoms with E-state index in [-0.39, 0.29) is 5.82 Å². The number of aromatic nitrogens is 1. The first kappa shape index (κ1) is 11.8. The topological polar surface area (TPSA) is 34.1 Å². The van der Waals surface area contributed by atoms with Crippen molar-refractivity contribution in [1.82, 2.24) is 4.98 Å². The molecule has 0 fully saturated rings. The smallest absolute Gasteiger partial charge is 0.168 e. The van der Waals surface area contributed by atoms with Gasteiger partial charge >= 0.3 is 0 Å². The van der Waals surface area contributed by atoms with Crippen LogP contribution < -0.4 is 5.32 Å². The maximum Gasteiger partial charge on any atom is 0.168 e. The molecule has 1 rings (SSSR count). The maximum absolute atomic E-state index is 13.0. The summed E-state index contributed by atoms with van der Waals surface area (Å²) >= 11 is 0. The molecule has 0 saturated heterocycles. The molecule has 0 radical (unpaired) electrons. The molecule has 5 heteroatoms. The number of rotatable bonds is 6. The lowest BCUT2D eigenvalue weighted by Crippen LogP contribution is -2.08. The Morgan fingerprint density at radius 2 is 2.27 bits per heavy atom. The fraction of sp³-hybridized carbons (Fsp3) is 0.500. The van der Waals surface area contributed by atoms with E-state index in [0.717, 1.165) is 18.7 Å². The number of nitrogens with zero attached hydrogens (tertiary/aromatic N) is 1. The predicted molar refractivity (Wildman–Crippen MR) is 53.8 cm³/mol. The van der Waals surface area contributed by atoms with E-state index in [1.165, 1.54) is 0 Å². The Balaban J connectivity index is 2.31. The van der Waals surface area contributed by atoms with Crippen molar-refractivity contribution in [3.63, 3.8) is 0 Å². The molecule has 1 heterocycles. The van der Waals surface area contributed by atoms with Crippen LogP contribution in [0, 0.1) is 11.6 Å². The van der Waals surface area contributed by atoms with E-state index < -0.39 is 11.6 Å². The van der Waals surface area contributed by atoms with Crippen molar-refractivity contribution < 1.29 is 13.5 Å². The fourth-order valence-electron chi connectivity index (χ4n) is 1.07. The first-order valence-electron chi connectivity index (χ1n) is 4.86. The summed E-state index contributed by atoms with van der Waals surface area (Å²) in [4.78, 5) is 3.59. The molecular formula is C10H14F2N2O. The van der Waals surface area contributed by atoms with Crippen LogP contribution in [0.25, 0.3) is 0 Å². The summed E-state index contributed by atoms with van der Waals surface area (Å²) < 4.78 is 30.6. The summed E-state index contributed by atoms with van der Waals surface area (Å²) in [5, 5.41) is 2.77. The third-order valence-electron chi connectivity index (χ3n) is 1.77. The van der Waals surface area contributed by atoms with Gasteiger partial charge in [-0.1, -0.05) is 0 Å². The highest BCUT2D eigenvalue weighted by Gasteiger charge is 2.03. The number of ether oxygens (including phenoxy) is 1. The minimum Gasteiger partial charge on any atom is -0.382 e. The Kier molecular flexibility index (Phi) is 4.97. The average molecular weight is 216 g/mol. The lowest BCUT2D eigenvalue weighted by atomic mass is 10.4. The van der Waals surface area contributed by atoms with E-state index in [9.17, 15) is 8.78 Å². The van der Waals surface area contributed by atoms with Crippen molar-refractivity contribution in [2.75, 3.05) is 25.1 Å². The largest absolute Gasteiger partial charge is 0.382 e. The predicted octanol–water partition coefficient (Wildman–Crippen LogP) is 2.20. The van der Waals surface area contributed by atoms with Crippen LogP contribution in [0.4, 0.5) is 14.6 Å². The molecule has 0 atom stereocenters. The fourth-order valence-corrected chi connectivity index (χ4v) is 1.07. The molecule has 0 spiro atoms. The summed E-state index contributed by atoms with van der Waals surface area (Å²) in [6.07, 6.45) is 1.74. The second-order valence-corrected chi connectivity index (χ2v) is 2.96. The lowest BCUT2D eigenvalue weighted by Gasteiger charge is -2.06. The van der Waals surface area contributed by atoms with Gasteiger partial charge in [0.15, 0.2) is 11.6 Å². The molecule has 0 unspecified atom stereocenters. The lowest BCUT2D eigenvalue weighted by molar-refractivity contribution is 0.147. The first-order valence-corrected chi connectivity index (χ1v) is 4.86. The number of hydrogen-bond acceptors (Lipinski definition) is 3. The Bertz CT molecular complexity index is 307. The Labute approximate surface area is 87.5 Å². The van der Waals surface area contributed by atoms with Crippen LogP contribution in [-0.4, -0.2) is 24.7 Å². The van der Waals surface area contributed by atoms with Crippen LogP contribution >= 0.6 is 0 Å². The van der Waals surface area contributed by atoms with Crippen molar-refractivity contribution in [1.29, 1.82) is 0 Å². The minimum atomic E-state index is -0.675. The van der Waals surface area contributed by atoms with Crippen molar-refractivity contribution in [2.45, 2.75) is 13.3 Å². The van der Waals surface area contributed by atoms with E-state index in [2.05, 4.69) is 10.3 Å².